The molecule has 2 aliphatic heterocycles. The molecule has 0 radical (unpaired) electrons. The molecule has 3 aliphatic rings. The minimum Gasteiger partial charge on any atom is -0.508 e. The Morgan fingerprint density at radius 1 is 0.736 bits per heavy atom. The van der Waals surface area contributed by atoms with Crippen LogP contribution in [0.3, 0.4) is 0 Å². The molecule has 7 rings (SSSR count). The van der Waals surface area contributed by atoms with Gasteiger partial charge in [0.05, 0.1) is 28.7 Å². The number of benzene rings is 4. The minimum atomic E-state index is -1.70. The number of nitrogens with zero attached hydrogens (tertiary/aromatic N) is 2. The zero-order chi connectivity index (χ0) is 37.9. The van der Waals surface area contributed by atoms with Gasteiger partial charge in [0.1, 0.15) is 41.0 Å². The molecule has 4 aromatic carbocycles. The predicted octanol–water partition coefficient (Wildman–Crippen LogP) is 2.92. The van der Waals surface area contributed by atoms with Crippen LogP contribution >= 0.6 is 0 Å². The highest BCUT2D eigenvalue weighted by Gasteiger charge is 2.44. The third-order valence-corrected chi connectivity index (χ3v) is 9.79. The fraction of sp³-hybridized carbons (Fsp3) is 0.306. The first-order valence-electron chi connectivity index (χ1n) is 16.4. The largest absolute Gasteiger partial charge is 0.508 e. The lowest BCUT2D eigenvalue weighted by Gasteiger charge is -2.37. The quantitative estimate of drug-likeness (QED) is 0.0434. The molecule has 0 saturated heterocycles. The Kier molecular flexibility index (Phi) is 8.93. The Bertz CT molecular complexity index is 2120. The van der Waals surface area contributed by atoms with E-state index in [1.807, 2.05) is 0 Å². The number of carbonyl (C=O) groups excluding carboxylic acids is 1. The maximum atomic E-state index is 13.6. The van der Waals surface area contributed by atoms with E-state index in [1.54, 1.807) is 0 Å². The number of ketones is 1. The zero-order valence-electron chi connectivity index (χ0n) is 27.8. The molecular weight excluding hydrogens is 700 g/mol. The lowest BCUT2D eigenvalue weighted by atomic mass is 9.82. The van der Waals surface area contributed by atoms with E-state index >= 15 is 0 Å². The molecule has 0 saturated carbocycles. The second-order valence-corrected chi connectivity index (χ2v) is 13.2. The minimum absolute atomic E-state index is 0.0114. The van der Waals surface area contributed by atoms with Crippen LogP contribution in [0.2, 0.25) is 0 Å². The Morgan fingerprint density at radius 2 is 1.42 bits per heavy atom. The number of nitroso groups, excluding NO2 is 1. The molecule has 4 aromatic rings. The van der Waals surface area contributed by atoms with Gasteiger partial charge in [-0.3, -0.25) is 14.6 Å². The summed E-state index contributed by atoms with van der Waals surface area (Å²) in [4.78, 5) is 35.2. The third kappa shape index (κ3) is 6.34. The number of hydrogen-bond donors (Lipinski definition) is 9. The number of phenols is 6. The first-order valence-corrected chi connectivity index (χ1v) is 16.4. The van der Waals surface area contributed by atoms with E-state index < -0.39 is 65.0 Å². The molecule has 17 heteroatoms. The van der Waals surface area contributed by atoms with Crippen LogP contribution in [0.25, 0.3) is 0 Å². The van der Waals surface area contributed by atoms with Gasteiger partial charge < -0.3 is 55.4 Å². The zero-order valence-corrected chi connectivity index (χ0v) is 27.8. The number of phenolic OH excluding ortho intramolecular Hbond substituents is 6. The molecule has 0 fully saturated rings. The van der Waals surface area contributed by atoms with Crippen LogP contribution in [0.4, 0.5) is 5.69 Å². The number of Topliss-reactive ketones (excluding diaryl/α,β-unsaturated/α-hetero) is 1. The summed E-state index contributed by atoms with van der Waals surface area (Å²) in [5.41, 5.74) is 0.486. The van der Waals surface area contributed by atoms with E-state index in [2.05, 4.69) is 5.29 Å². The van der Waals surface area contributed by atoms with Gasteiger partial charge in [0.2, 0.25) is 5.75 Å². The highest BCUT2D eigenvalue weighted by molar-refractivity contribution is 6.04. The van der Waals surface area contributed by atoms with Crippen LogP contribution in [-0.2, 0) is 19.3 Å². The van der Waals surface area contributed by atoms with Crippen molar-refractivity contribution in [1.82, 2.24) is 0 Å². The summed E-state index contributed by atoms with van der Waals surface area (Å²) in [6.07, 6.45) is -7.39. The summed E-state index contributed by atoms with van der Waals surface area (Å²) < 4.78 is 12.2. The molecule has 9 N–H and O–H groups in total. The number of rotatable bonds is 7. The fourth-order valence-electron chi connectivity index (χ4n) is 7.20. The third-order valence-electron chi connectivity index (χ3n) is 9.79. The molecule has 6 atom stereocenters. The van der Waals surface area contributed by atoms with Gasteiger partial charge >= 0.3 is 0 Å². The molecule has 0 amide bonds. The second-order valence-electron chi connectivity index (χ2n) is 13.2. The molecular formula is C36H34N2O15. The number of aliphatic hydroxyl groups is 3. The van der Waals surface area contributed by atoms with Gasteiger partial charge in [0.15, 0.2) is 34.9 Å². The molecule has 53 heavy (non-hydrogen) atoms. The maximum Gasteiger partial charge on any atom is 0.220 e. The lowest BCUT2D eigenvalue weighted by Crippen LogP contribution is -2.44. The first kappa shape index (κ1) is 35.2. The summed E-state index contributed by atoms with van der Waals surface area (Å²) >= 11 is 0. The highest BCUT2D eigenvalue weighted by atomic mass is 17.2. The Balaban J connectivity index is 1.21. The number of ether oxygens (including phenoxy) is 2. The highest BCUT2D eigenvalue weighted by Crippen LogP contribution is 2.49. The Morgan fingerprint density at radius 3 is 2.13 bits per heavy atom. The molecule has 17 nitrogen and oxygen atoms in total. The van der Waals surface area contributed by atoms with Crippen molar-refractivity contribution in [2.75, 3.05) is 12.1 Å². The molecule has 278 valence electrons. The van der Waals surface area contributed by atoms with Crippen molar-refractivity contribution in [3.05, 3.63) is 81.3 Å². The summed E-state index contributed by atoms with van der Waals surface area (Å²) in [7, 11) is 1.38. The maximum absolute atomic E-state index is 13.6. The number of aromatic hydroxyl groups is 6. The van der Waals surface area contributed by atoms with Gasteiger partial charge in [-0.1, -0.05) is 0 Å². The monoisotopic (exact) mass is 734 g/mol. The van der Waals surface area contributed by atoms with Crippen molar-refractivity contribution in [2.45, 2.75) is 56.2 Å². The van der Waals surface area contributed by atoms with E-state index in [0.29, 0.717) is 0 Å². The molecule has 0 bridgehead atoms. The van der Waals surface area contributed by atoms with E-state index in [4.69, 9.17) is 19.2 Å². The standard InChI is InChI=1S/C36H34N2O15/c1-38(37-49)15-2-3-28(23(42)6-15)52-53-31-10-17(40)9-30-21(31)13-27(46)36(51-30)19-11-25(44)34(48)32-18(19)4-14(5-24(43)33(32)47)35-26(45)12-20-22(41)7-16(39)8-29(20)50-35/h2-3,6-11,14,24,26-27,35-36,39-46,48H,4-5,12-13H2,1H3. The summed E-state index contributed by atoms with van der Waals surface area (Å²) in [5, 5.41) is 100. The topological polar surface area (TPSA) is 269 Å². The normalized spacial score (nSPS) is 23.3. The van der Waals surface area contributed by atoms with Crippen LogP contribution in [0.5, 0.6) is 57.5 Å². The Hall–Kier alpha value is -6.17. The SMILES string of the molecule is CN(N=O)c1ccc(OOc2cc(O)cc3c2CC(O)C(c2cc(O)c(O)c4c2CC(C2Oc5cc(O)cc(O)c5CC2O)CC(O)C4=O)O3)c(O)c1. The second kappa shape index (κ2) is 13.4. The number of hydrogen-bond acceptors (Lipinski definition) is 16. The smallest absolute Gasteiger partial charge is 0.220 e. The van der Waals surface area contributed by atoms with Gasteiger partial charge in [-0.25, -0.2) is 5.01 Å². The number of carbonyl (C=O) groups is 1. The van der Waals surface area contributed by atoms with Crippen molar-refractivity contribution < 1.29 is 70.0 Å². The lowest BCUT2D eigenvalue weighted by molar-refractivity contribution is -0.104. The summed E-state index contributed by atoms with van der Waals surface area (Å²) in [5.74, 6) is -4.76. The van der Waals surface area contributed by atoms with Crippen LogP contribution in [-0.4, -0.2) is 83.2 Å². The van der Waals surface area contributed by atoms with E-state index in [0.717, 1.165) is 17.1 Å². The Labute approximate surface area is 299 Å². The van der Waals surface area contributed by atoms with Crippen LogP contribution in [0.15, 0.2) is 53.8 Å². The van der Waals surface area contributed by atoms with Gasteiger partial charge in [0, 0.05) is 72.8 Å². The molecule has 1 aliphatic carbocycles. The van der Waals surface area contributed by atoms with Gasteiger partial charge in [0.25, 0.3) is 0 Å². The number of aliphatic hydroxyl groups excluding tert-OH is 3. The van der Waals surface area contributed by atoms with Crippen molar-refractivity contribution in [3.8, 4) is 57.5 Å². The summed E-state index contributed by atoms with van der Waals surface area (Å²) in [6.45, 7) is 0. The molecule has 6 unspecified atom stereocenters. The predicted molar refractivity (Wildman–Crippen MR) is 181 cm³/mol. The van der Waals surface area contributed by atoms with Crippen LogP contribution < -0.4 is 24.3 Å². The number of anilines is 1. The van der Waals surface area contributed by atoms with E-state index in [9.17, 15) is 55.7 Å². The van der Waals surface area contributed by atoms with E-state index in [-0.39, 0.29) is 93.9 Å². The van der Waals surface area contributed by atoms with Crippen LogP contribution in [0.1, 0.15) is 45.1 Å². The van der Waals surface area contributed by atoms with Crippen molar-refractivity contribution >= 4 is 11.5 Å². The molecule has 2 heterocycles. The van der Waals surface area contributed by atoms with Crippen molar-refractivity contribution in [2.24, 2.45) is 11.2 Å². The molecule has 0 aromatic heterocycles. The first-order chi connectivity index (χ1) is 25.2. The van der Waals surface area contributed by atoms with Gasteiger partial charge in [-0.05, 0) is 36.6 Å². The average Bonchev–Trinajstić information content (AvgIpc) is 3.24. The molecule has 0 spiro atoms. The number of fused-ring (bicyclic) bond motifs is 3. The average molecular weight is 735 g/mol. The van der Waals surface area contributed by atoms with Crippen molar-refractivity contribution in [3.63, 3.8) is 0 Å². The van der Waals surface area contributed by atoms with E-state index in [1.165, 1.54) is 43.4 Å². The van der Waals surface area contributed by atoms with Crippen LogP contribution in [0, 0.1) is 10.8 Å². The summed E-state index contributed by atoms with van der Waals surface area (Å²) in [6, 6.07) is 9.84. The van der Waals surface area contributed by atoms with Crippen molar-refractivity contribution in [1.29, 1.82) is 0 Å². The van der Waals surface area contributed by atoms with Gasteiger partial charge in [-0.2, -0.15) is 0 Å². The van der Waals surface area contributed by atoms with Gasteiger partial charge in [-0.15, -0.1) is 4.91 Å². The fourth-order valence-corrected chi connectivity index (χ4v) is 7.20.